The van der Waals surface area contributed by atoms with Crippen molar-refractivity contribution in [2.24, 2.45) is 0 Å². The number of rotatable bonds is 9. The van der Waals surface area contributed by atoms with Gasteiger partial charge in [0.05, 0.1) is 14.2 Å². The van der Waals surface area contributed by atoms with Crippen LogP contribution in [0.25, 0.3) is 0 Å². The van der Waals surface area contributed by atoms with E-state index in [9.17, 15) is 9.59 Å². The van der Waals surface area contributed by atoms with Crippen LogP contribution in [0.1, 0.15) is 52.5 Å². The Bertz CT molecular complexity index is 1160. The molecule has 1 fully saturated rings. The number of hydrogen-bond donors (Lipinski definition) is 1. The van der Waals surface area contributed by atoms with Gasteiger partial charge in [-0.1, -0.05) is 48.7 Å². The van der Waals surface area contributed by atoms with Crippen LogP contribution >= 0.6 is 22.9 Å². The third-order valence-corrected chi connectivity index (χ3v) is 7.56. The Balaban J connectivity index is 1.76. The molecule has 35 heavy (non-hydrogen) atoms. The molecule has 0 spiro atoms. The summed E-state index contributed by atoms with van der Waals surface area (Å²) in [5.74, 6) is 0.487. The van der Waals surface area contributed by atoms with Crippen molar-refractivity contribution in [2.45, 2.75) is 44.3 Å². The van der Waals surface area contributed by atoms with Gasteiger partial charge in [0.1, 0.15) is 6.04 Å². The predicted molar refractivity (Wildman–Crippen MR) is 138 cm³/mol. The van der Waals surface area contributed by atoms with Gasteiger partial charge < -0.3 is 19.7 Å². The maximum absolute atomic E-state index is 14.0. The Kier molecular flexibility index (Phi) is 8.31. The minimum absolute atomic E-state index is 0.128. The van der Waals surface area contributed by atoms with Gasteiger partial charge in [0.15, 0.2) is 11.5 Å². The van der Waals surface area contributed by atoms with Gasteiger partial charge in [-0.3, -0.25) is 9.59 Å². The van der Waals surface area contributed by atoms with Crippen molar-refractivity contribution in [2.75, 3.05) is 14.2 Å². The van der Waals surface area contributed by atoms with Gasteiger partial charge in [-0.05, 0) is 54.1 Å². The number of halogens is 1. The lowest BCUT2D eigenvalue weighted by Gasteiger charge is -2.32. The maximum Gasteiger partial charge on any atom is 0.255 e. The van der Waals surface area contributed by atoms with E-state index < -0.39 is 6.04 Å². The first-order valence-electron chi connectivity index (χ1n) is 11.6. The van der Waals surface area contributed by atoms with Gasteiger partial charge >= 0.3 is 0 Å². The first-order valence-corrected chi connectivity index (χ1v) is 12.9. The SMILES string of the molecule is COc1ccc(C(=O)N(Cc2ccccc2Cl)C(C(=O)NC2CCCC2)c2cccs2)cc1OC. The molecule has 1 saturated carbocycles. The molecule has 0 bridgehead atoms. The average molecular weight is 513 g/mol. The van der Waals surface area contributed by atoms with Gasteiger partial charge in [0.2, 0.25) is 5.91 Å². The molecule has 8 heteroatoms. The van der Waals surface area contributed by atoms with E-state index in [2.05, 4.69) is 5.32 Å². The van der Waals surface area contributed by atoms with Gasteiger partial charge in [0.25, 0.3) is 5.91 Å². The van der Waals surface area contributed by atoms with E-state index in [1.807, 2.05) is 35.7 Å². The van der Waals surface area contributed by atoms with Crippen LogP contribution in [-0.4, -0.2) is 37.0 Å². The molecule has 1 unspecified atom stereocenters. The number of benzene rings is 2. The summed E-state index contributed by atoms with van der Waals surface area (Å²) < 4.78 is 10.8. The molecule has 0 aliphatic heterocycles. The van der Waals surface area contributed by atoms with Crippen molar-refractivity contribution in [1.82, 2.24) is 10.2 Å². The molecule has 1 heterocycles. The highest BCUT2D eigenvalue weighted by Gasteiger charge is 2.35. The second-order valence-electron chi connectivity index (χ2n) is 8.50. The van der Waals surface area contributed by atoms with Crippen molar-refractivity contribution in [3.8, 4) is 11.5 Å². The number of nitrogens with zero attached hydrogens (tertiary/aromatic N) is 1. The zero-order valence-corrected chi connectivity index (χ0v) is 21.4. The number of ether oxygens (including phenoxy) is 2. The molecular weight excluding hydrogens is 484 g/mol. The number of methoxy groups -OCH3 is 2. The monoisotopic (exact) mass is 512 g/mol. The number of amides is 2. The molecule has 1 aliphatic rings. The number of hydrogen-bond acceptors (Lipinski definition) is 5. The average Bonchev–Trinajstić information content (AvgIpc) is 3.59. The van der Waals surface area contributed by atoms with E-state index in [1.54, 1.807) is 36.3 Å². The molecule has 2 aromatic carbocycles. The summed E-state index contributed by atoms with van der Waals surface area (Å²) in [6, 6.07) is 15.5. The molecule has 2 amide bonds. The molecule has 6 nitrogen and oxygen atoms in total. The van der Waals surface area contributed by atoms with Gasteiger partial charge in [-0.2, -0.15) is 0 Å². The molecule has 1 aromatic heterocycles. The Morgan fingerprint density at radius 2 is 1.80 bits per heavy atom. The van der Waals surface area contributed by atoms with Gasteiger partial charge in [-0.25, -0.2) is 0 Å². The minimum Gasteiger partial charge on any atom is -0.493 e. The zero-order chi connectivity index (χ0) is 24.8. The van der Waals surface area contributed by atoms with Crippen molar-refractivity contribution < 1.29 is 19.1 Å². The number of carbonyl (C=O) groups is 2. The molecular formula is C27H29ClN2O4S. The van der Waals surface area contributed by atoms with Crippen LogP contribution in [0.3, 0.4) is 0 Å². The van der Waals surface area contributed by atoms with E-state index in [0.29, 0.717) is 22.1 Å². The Morgan fingerprint density at radius 1 is 1.06 bits per heavy atom. The fourth-order valence-electron chi connectivity index (χ4n) is 4.45. The predicted octanol–water partition coefficient (Wildman–Crippen LogP) is 5.86. The third-order valence-electron chi connectivity index (χ3n) is 6.26. The molecule has 1 N–H and O–H groups in total. The van der Waals surface area contributed by atoms with Crippen LogP contribution < -0.4 is 14.8 Å². The van der Waals surface area contributed by atoms with Gasteiger partial charge in [-0.15, -0.1) is 11.3 Å². The first-order chi connectivity index (χ1) is 17.0. The van der Waals surface area contributed by atoms with Crippen molar-refractivity contribution in [3.63, 3.8) is 0 Å². The minimum atomic E-state index is -0.799. The van der Waals surface area contributed by atoms with E-state index in [1.165, 1.54) is 18.4 Å². The highest BCUT2D eigenvalue weighted by molar-refractivity contribution is 7.10. The maximum atomic E-state index is 14.0. The fraction of sp³-hybridized carbons (Fsp3) is 0.333. The topological polar surface area (TPSA) is 67.9 Å². The second-order valence-corrected chi connectivity index (χ2v) is 9.89. The summed E-state index contributed by atoms with van der Waals surface area (Å²) in [6.45, 7) is 0.174. The highest BCUT2D eigenvalue weighted by atomic mass is 35.5. The second kappa shape index (κ2) is 11.6. The van der Waals surface area contributed by atoms with Crippen LogP contribution in [0.15, 0.2) is 60.0 Å². The zero-order valence-electron chi connectivity index (χ0n) is 19.8. The molecule has 0 saturated heterocycles. The summed E-state index contributed by atoms with van der Waals surface area (Å²) in [4.78, 5) is 30.1. The summed E-state index contributed by atoms with van der Waals surface area (Å²) in [5.41, 5.74) is 1.16. The highest BCUT2D eigenvalue weighted by Crippen LogP contribution is 2.33. The van der Waals surface area contributed by atoms with Crippen LogP contribution in [0.2, 0.25) is 5.02 Å². The van der Waals surface area contributed by atoms with Crippen molar-refractivity contribution >= 4 is 34.8 Å². The third kappa shape index (κ3) is 5.80. The summed E-state index contributed by atoms with van der Waals surface area (Å²) in [5, 5.41) is 5.65. The number of thiophene rings is 1. The van der Waals surface area contributed by atoms with E-state index >= 15 is 0 Å². The molecule has 184 valence electrons. The molecule has 1 atom stereocenters. The van der Waals surface area contributed by atoms with E-state index in [0.717, 1.165) is 36.1 Å². The quantitative estimate of drug-likeness (QED) is 0.390. The van der Waals surface area contributed by atoms with Crippen molar-refractivity contribution in [1.29, 1.82) is 0 Å². The van der Waals surface area contributed by atoms with Crippen LogP contribution in [-0.2, 0) is 11.3 Å². The first kappa shape index (κ1) is 25.1. The standard InChI is InChI=1S/C27H29ClN2O4S/c1-33-22-14-13-18(16-23(22)34-2)27(32)30(17-19-8-3-6-11-21(19)28)25(24-12-7-15-35-24)26(31)29-20-9-4-5-10-20/h3,6-8,11-16,20,25H,4-5,9-10,17H2,1-2H3,(H,29,31). The van der Waals surface area contributed by atoms with Gasteiger partial charge in [0, 0.05) is 28.0 Å². The Morgan fingerprint density at radius 3 is 2.46 bits per heavy atom. The molecule has 0 radical (unpaired) electrons. The smallest absolute Gasteiger partial charge is 0.255 e. The van der Waals surface area contributed by atoms with Crippen LogP contribution in [0.5, 0.6) is 11.5 Å². The number of nitrogens with one attached hydrogen (secondary N) is 1. The lowest BCUT2D eigenvalue weighted by Crippen LogP contribution is -2.45. The molecule has 4 rings (SSSR count). The fourth-order valence-corrected chi connectivity index (χ4v) is 5.48. The normalized spacial score (nSPS) is 14.4. The molecule has 1 aliphatic carbocycles. The Hall–Kier alpha value is -3.03. The Labute approximate surface area is 214 Å². The van der Waals surface area contributed by atoms with E-state index in [-0.39, 0.29) is 24.4 Å². The summed E-state index contributed by atoms with van der Waals surface area (Å²) >= 11 is 7.93. The van der Waals surface area contributed by atoms with E-state index in [4.69, 9.17) is 21.1 Å². The largest absolute Gasteiger partial charge is 0.493 e. The van der Waals surface area contributed by atoms with Crippen LogP contribution in [0, 0.1) is 0 Å². The molecule has 3 aromatic rings. The van der Waals surface area contributed by atoms with Crippen LogP contribution in [0.4, 0.5) is 0 Å². The van der Waals surface area contributed by atoms with Crippen molar-refractivity contribution in [3.05, 3.63) is 81.0 Å². The summed E-state index contributed by atoms with van der Waals surface area (Å²) in [6.07, 6.45) is 4.11. The lowest BCUT2D eigenvalue weighted by atomic mass is 10.1. The lowest BCUT2D eigenvalue weighted by molar-refractivity contribution is -0.126. The summed E-state index contributed by atoms with van der Waals surface area (Å²) in [7, 11) is 3.07. The number of carbonyl (C=O) groups excluding carboxylic acids is 2.